The van der Waals surface area contributed by atoms with Crippen LogP contribution in [0.1, 0.15) is 64.2 Å². The van der Waals surface area contributed by atoms with Crippen molar-refractivity contribution in [3.63, 3.8) is 0 Å². The molecule has 4 N–H and O–H groups in total. The van der Waals surface area contributed by atoms with Gasteiger partial charge in [-0.2, -0.15) is 0 Å². The highest BCUT2D eigenvalue weighted by Crippen LogP contribution is 2.23. The second kappa shape index (κ2) is 15.1. The van der Waals surface area contributed by atoms with Gasteiger partial charge in [-0.05, 0) is 64.6 Å². The lowest BCUT2D eigenvalue weighted by molar-refractivity contribution is 0.129. The van der Waals surface area contributed by atoms with Crippen LogP contribution in [0.4, 0.5) is 0 Å². The summed E-state index contributed by atoms with van der Waals surface area (Å²) in [4.78, 5) is 5.08. The van der Waals surface area contributed by atoms with Gasteiger partial charge in [-0.3, -0.25) is 4.90 Å². The number of nitrogens with two attached hydrogens (primary N) is 1. The minimum atomic E-state index is 0.267. The first-order valence-electron chi connectivity index (χ1n) is 10.2. The third-order valence-corrected chi connectivity index (χ3v) is 5.24. The summed E-state index contributed by atoms with van der Waals surface area (Å²) in [5.74, 6) is 0. The molecule has 0 unspecified atom stereocenters. The number of unbranched alkanes of at least 4 members (excludes halogenated alkanes) is 4. The van der Waals surface area contributed by atoms with Gasteiger partial charge in [-0.15, -0.1) is 0 Å². The predicted molar refractivity (Wildman–Crippen MR) is 101 cm³/mol. The van der Waals surface area contributed by atoms with E-state index in [-0.39, 0.29) is 6.61 Å². The molecular weight excluding hydrogens is 302 g/mol. The zero-order chi connectivity index (χ0) is 17.5. The molecule has 0 aromatic heterocycles. The SMILES string of the molecule is NCCCCCN(CCCCCO)CCN(CCO)C1CCCC1. The molecule has 0 amide bonds. The largest absolute Gasteiger partial charge is 0.396 e. The number of nitrogens with zero attached hydrogens (tertiary/aromatic N) is 2. The molecule has 0 saturated heterocycles. The molecule has 0 aromatic rings. The van der Waals surface area contributed by atoms with Crippen LogP contribution in [0.25, 0.3) is 0 Å². The van der Waals surface area contributed by atoms with Gasteiger partial charge >= 0.3 is 0 Å². The summed E-state index contributed by atoms with van der Waals surface area (Å²) < 4.78 is 0. The van der Waals surface area contributed by atoms with Gasteiger partial charge in [0, 0.05) is 32.3 Å². The van der Waals surface area contributed by atoms with Gasteiger partial charge < -0.3 is 20.8 Å². The Balaban J connectivity index is 2.35. The van der Waals surface area contributed by atoms with E-state index in [0.29, 0.717) is 12.6 Å². The maximum atomic E-state index is 9.37. The molecule has 0 radical (unpaired) electrons. The molecule has 24 heavy (non-hydrogen) atoms. The first-order valence-corrected chi connectivity index (χ1v) is 10.2. The summed E-state index contributed by atoms with van der Waals surface area (Å²) in [6.45, 7) is 6.63. The van der Waals surface area contributed by atoms with Crippen molar-refractivity contribution in [3.05, 3.63) is 0 Å². The van der Waals surface area contributed by atoms with E-state index in [2.05, 4.69) is 9.80 Å². The fourth-order valence-electron chi connectivity index (χ4n) is 3.76. The summed E-state index contributed by atoms with van der Waals surface area (Å²) in [5.41, 5.74) is 5.59. The summed E-state index contributed by atoms with van der Waals surface area (Å²) in [5, 5.41) is 18.3. The Morgan fingerprint density at radius 1 is 0.708 bits per heavy atom. The fraction of sp³-hybridized carbons (Fsp3) is 1.00. The number of hydrogen-bond donors (Lipinski definition) is 3. The minimum absolute atomic E-state index is 0.267. The monoisotopic (exact) mass is 343 g/mol. The molecule has 1 aliphatic rings. The molecular formula is C19H41N3O2. The van der Waals surface area contributed by atoms with E-state index in [9.17, 15) is 5.11 Å². The molecule has 0 aliphatic heterocycles. The number of aliphatic hydroxyl groups excluding tert-OH is 2. The van der Waals surface area contributed by atoms with Crippen LogP contribution in [-0.4, -0.2) is 78.5 Å². The summed E-state index contributed by atoms with van der Waals surface area (Å²) in [7, 11) is 0. The van der Waals surface area contributed by atoms with Crippen LogP contribution in [0.3, 0.4) is 0 Å². The highest BCUT2D eigenvalue weighted by atomic mass is 16.3. The van der Waals surface area contributed by atoms with Crippen molar-refractivity contribution >= 4 is 0 Å². The molecule has 5 nitrogen and oxygen atoms in total. The zero-order valence-corrected chi connectivity index (χ0v) is 15.7. The summed E-state index contributed by atoms with van der Waals surface area (Å²) in [6.07, 6.45) is 12.0. The van der Waals surface area contributed by atoms with E-state index < -0.39 is 0 Å². The van der Waals surface area contributed by atoms with E-state index in [4.69, 9.17) is 10.8 Å². The molecule has 144 valence electrons. The third kappa shape index (κ3) is 9.94. The van der Waals surface area contributed by atoms with Gasteiger partial charge in [0.2, 0.25) is 0 Å². The number of rotatable bonds is 16. The van der Waals surface area contributed by atoms with E-state index in [1.165, 1.54) is 44.9 Å². The Morgan fingerprint density at radius 3 is 1.96 bits per heavy atom. The third-order valence-electron chi connectivity index (χ3n) is 5.24. The Bertz CT molecular complexity index is 261. The van der Waals surface area contributed by atoms with E-state index in [1.807, 2.05) is 0 Å². The number of hydrogen-bond acceptors (Lipinski definition) is 5. The minimum Gasteiger partial charge on any atom is -0.396 e. The van der Waals surface area contributed by atoms with Crippen molar-refractivity contribution in [3.8, 4) is 0 Å². The van der Waals surface area contributed by atoms with Crippen LogP contribution in [-0.2, 0) is 0 Å². The Labute approximate surface area is 149 Å². The topological polar surface area (TPSA) is 73.0 Å². The van der Waals surface area contributed by atoms with Crippen LogP contribution in [0.2, 0.25) is 0 Å². The van der Waals surface area contributed by atoms with Gasteiger partial charge in [-0.25, -0.2) is 0 Å². The van der Waals surface area contributed by atoms with Crippen LogP contribution >= 0.6 is 0 Å². The van der Waals surface area contributed by atoms with E-state index >= 15 is 0 Å². The highest BCUT2D eigenvalue weighted by Gasteiger charge is 2.22. The first kappa shape index (κ1) is 21.8. The molecule has 0 aromatic carbocycles. The Morgan fingerprint density at radius 2 is 1.38 bits per heavy atom. The maximum Gasteiger partial charge on any atom is 0.0558 e. The lowest BCUT2D eigenvalue weighted by Crippen LogP contribution is -2.42. The Kier molecular flexibility index (Phi) is 13.7. The van der Waals surface area contributed by atoms with Crippen molar-refractivity contribution < 1.29 is 10.2 Å². The Hall–Kier alpha value is -0.200. The van der Waals surface area contributed by atoms with Crippen LogP contribution < -0.4 is 5.73 Å². The molecule has 0 heterocycles. The average Bonchev–Trinajstić information content (AvgIpc) is 3.12. The van der Waals surface area contributed by atoms with Crippen LogP contribution in [0, 0.1) is 0 Å². The second-order valence-electron chi connectivity index (χ2n) is 7.17. The van der Waals surface area contributed by atoms with E-state index in [1.54, 1.807) is 0 Å². The predicted octanol–water partition coefficient (Wildman–Crippen LogP) is 1.82. The van der Waals surface area contributed by atoms with Crippen molar-refractivity contribution in [1.82, 2.24) is 9.80 Å². The number of aliphatic hydroxyl groups is 2. The maximum absolute atomic E-state index is 9.37. The van der Waals surface area contributed by atoms with E-state index in [0.717, 1.165) is 58.5 Å². The molecule has 1 saturated carbocycles. The van der Waals surface area contributed by atoms with Gasteiger partial charge in [0.05, 0.1) is 6.61 Å². The molecule has 0 atom stereocenters. The van der Waals surface area contributed by atoms with Crippen molar-refractivity contribution in [2.24, 2.45) is 5.73 Å². The van der Waals surface area contributed by atoms with Crippen LogP contribution in [0.15, 0.2) is 0 Å². The zero-order valence-electron chi connectivity index (χ0n) is 15.7. The molecule has 0 bridgehead atoms. The molecule has 1 rings (SSSR count). The summed E-state index contributed by atoms with van der Waals surface area (Å²) in [6, 6.07) is 0.686. The normalized spacial score (nSPS) is 15.9. The summed E-state index contributed by atoms with van der Waals surface area (Å²) >= 11 is 0. The van der Waals surface area contributed by atoms with Crippen LogP contribution in [0.5, 0.6) is 0 Å². The fourth-order valence-corrected chi connectivity index (χ4v) is 3.76. The first-order chi connectivity index (χ1) is 11.8. The van der Waals surface area contributed by atoms with Gasteiger partial charge in [-0.1, -0.05) is 19.3 Å². The molecule has 5 heteroatoms. The molecule has 1 fully saturated rings. The van der Waals surface area contributed by atoms with Crippen molar-refractivity contribution in [2.45, 2.75) is 70.3 Å². The highest BCUT2D eigenvalue weighted by molar-refractivity contribution is 4.78. The lowest BCUT2D eigenvalue weighted by Gasteiger charge is -2.31. The average molecular weight is 344 g/mol. The van der Waals surface area contributed by atoms with Gasteiger partial charge in [0.25, 0.3) is 0 Å². The van der Waals surface area contributed by atoms with Crippen molar-refractivity contribution in [1.29, 1.82) is 0 Å². The van der Waals surface area contributed by atoms with Gasteiger partial charge in [0.1, 0.15) is 0 Å². The smallest absolute Gasteiger partial charge is 0.0558 e. The van der Waals surface area contributed by atoms with Gasteiger partial charge in [0.15, 0.2) is 0 Å². The molecule has 0 spiro atoms. The standard InChI is InChI=1S/C19H41N3O2/c20-11-5-1-6-12-21(13-7-2-8-17-23)14-15-22(16-18-24)19-9-3-4-10-19/h19,23-24H,1-18,20H2. The van der Waals surface area contributed by atoms with Crippen molar-refractivity contribution in [2.75, 3.05) is 52.5 Å². The quantitative estimate of drug-likeness (QED) is 0.373. The second-order valence-corrected chi connectivity index (χ2v) is 7.17. The lowest BCUT2D eigenvalue weighted by atomic mass is 10.2. The molecule has 1 aliphatic carbocycles.